The van der Waals surface area contributed by atoms with Gasteiger partial charge in [-0.15, -0.1) is 0 Å². The Morgan fingerprint density at radius 2 is 2.05 bits per heavy atom. The number of hydrogen-bond acceptors (Lipinski definition) is 2. The molecule has 2 aromatic rings. The van der Waals surface area contributed by atoms with Crippen molar-refractivity contribution in [1.82, 2.24) is 4.57 Å². The van der Waals surface area contributed by atoms with Crippen molar-refractivity contribution in [3.05, 3.63) is 35.5 Å². The first kappa shape index (κ1) is 16.6. The lowest BCUT2D eigenvalue weighted by Gasteiger charge is -2.12. The summed E-state index contributed by atoms with van der Waals surface area (Å²) in [6, 6.07) is 6.17. The lowest BCUT2D eigenvalue weighted by Crippen LogP contribution is -2.14. The number of aryl methyl sites for hydroxylation is 2. The molecule has 1 unspecified atom stereocenters. The van der Waals surface area contributed by atoms with Gasteiger partial charge in [0.1, 0.15) is 0 Å². The van der Waals surface area contributed by atoms with Gasteiger partial charge in [-0.05, 0) is 38.8 Å². The molecule has 0 N–H and O–H groups in total. The fraction of sp³-hybridized carbons (Fsp3) is 0.526. The molecule has 1 atom stereocenters. The monoisotopic (exact) mass is 301 g/mol. The van der Waals surface area contributed by atoms with E-state index in [1.54, 1.807) is 0 Å². The molecule has 22 heavy (non-hydrogen) atoms. The third-order valence-electron chi connectivity index (χ3n) is 4.14. The fourth-order valence-corrected chi connectivity index (χ4v) is 2.83. The molecule has 120 valence electrons. The molecule has 0 aliphatic heterocycles. The maximum Gasteiger partial charge on any atom is 0.340 e. The number of benzene rings is 1. The van der Waals surface area contributed by atoms with Crippen LogP contribution in [0.3, 0.4) is 0 Å². The smallest absolute Gasteiger partial charge is 0.340 e. The van der Waals surface area contributed by atoms with E-state index in [4.69, 9.17) is 4.74 Å². The first-order valence-corrected chi connectivity index (χ1v) is 8.29. The number of rotatable bonds is 7. The number of fused-ring (bicyclic) bond motifs is 1. The van der Waals surface area contributed by atoms with Crippen LogP contribution in [-0.4, -0.2) is 16.6 Å². The van der Waals surface area contributed by atoms with Crippen LogP contribution in [0.25, 0.3) is 10.9 Å². The van der Waals surface area contributed by atoms with Gasteiger partial charge in [0.2, 0.25) is 0 Å². The molecule has 1 aromatic carbocycles. The van der Waals surface area contributed by atoms with Crippen molar-refractivity contribution in [3.63, 3.8) is 0 Å². The second-order valence-corrected chi connectivity index (χ2v) is 6.24. The Morgan fingerprint density at radius 3 is 2.77 bits per heavy atom. The summed E-state index contributed by atoms with van der Waals surface area (Å²) in [6.07, 6.45) is 7.60. The van der Waals surface area contributed by atoms with Crippen molar-refractivity contribution in [2.24, 2.45) is 7.05 Å². The first-order chi connectivity index (χ1) is 10.5. The Hall–Kier alpha value is -1.77. The van der Waals surface area contributed by atoms with Crippen LogP contribution >= 0.6 is 0 Å². The zero-order valence-corrected chi connectivity index (χ0v) is 14.2. The highest BCUT2D eigenvalue weighted by atomic mass is 16.5. The van der Waals surface area contributed by atoms with Crippen molar-refractivity contribution < 1.29 is 9.53 Å². The fourth-order valence-electron chi connectivity index (χ4n) is 2.83. The predicted molar refractivity (Wildman–Crippen MR) is 91.3 cm³/mol. The van der Waals surface area contributed by atoms with Gasteiger partial charge >= 0.3 is 5.97 Å². The molecule has 0 amide bonds. The van der Waals surface area contributed by atoms with Gasteiger partial charge in [-0.1, -0.05) is 37.8 Å². The van der Waals surface area contributed by atoms with Gasteiger partial charge in [0.05, 0.1) is 11.7 Å². The van der Waals surface area contributed by atoms with Crippen LogP contribution in [0.2, 0.25) is 0 Å². The van der Waals surface area contributed by atoms with Gasteiger partial charge in [0, 0.05) is 24.1 Å². The zero-order chi connectivity index (χ0) is 16.1. The average molecular weight is 301 g/mol. The van der Waals surface area contributed by atoms with Crippen molar-refractivity contribution in [1.29, 1.82) is 0 Å². The molecular formula is C19H27NO2. The molecule has 0 aliphatic carbocycles. The number of esters is 1. The van der Waals surface area contributed by atoms with E-state index in [1.807, 2.05) is 31.7 Å². The van der Waals surface area contributed by atoms with Crippen molar-refractivity contribution in [2.45, 2.75) is 59.0 Å². The third kappa shape index (κ3) is 3.90. The Labute approximate surface area is 133 Å². The molecule has 2 rings (SSSR count). The van der Waals surface area contributed by atoms with Gasteiger partial charge < -0.3 is 9.30 Å². The summed E-state index contributed by atoms with van der Waals surface area (Å²) in [5.74, 6) is -0.209. The number of aromatic nitrogens is 1. The molecule has 0 aliphatic rings. The van der Waals surface area contributed by atoms with Crippen molar-refractivity contribution >= 4 is 16.9 Å². The number of ether oxygens (including phenoxy) is 1. The van der Waals surface area contributed by atoms with Crippen molar-refractivity contribution in [2.75, 3.05) is 0 Å². The van der Waals surface area contributed by atoms with Gasteiger partial charge in [-0.3, -0.25) is 0 Å². The second kappa shape index (κ2) is 7.48. The lowest BCUT2D eigenvalue weighted by molar-refractivity contribution is 0.0321. The standard InChI is InChI=1S/C19H27NO2/c1-5-6-7-8-9-15(3)22-19(21)17-13-20(4)18-11-10-14(2)12-16(17)18/h10-13,15H,5-9H2,1-4H3. The van der Waals surface area contributed by atoms with E-state index in [-0.39, 0.29) is 12.1 Å². The van der Waals surface area contributed by atoms with E-state index in [0.717, 1.165) is 29.3 Å². The zero-order valence-electron chi connectivity index (χ0n) is 14.2. The van der Waals surface area contributed by atoms with Crippen LogP contribution in [0, 0.1) is 6.92 Å². The quantitative estimate of drug-likeness (QED) is 0.532. The summed E-state index contributed by atoms with van der Waals surface area (Å²) >= 11 is 0. The van der Waals surface area contributed by atoms with Gasteiger partial charge in [-0.2, -0.15) is 0 Å². The average Bonchev–Trinajstić information content (AvgIpc) is 2.80. The SMILES string of the molecule is CCCCCCC(C)OC(=O)c1cn(C)c2ccc(C)cc12. The highest BCUT2D eigenvalue weighted by Crippen LogP contribution is 2.23. The van der Waals surface area contributed by atoms with E-state index >= 15 is 0 Å². The molecule has 0 spiro atoms. The minimum Gasteiger partial charge on any atom is -0.459 e. The number of hydrogen-bond donors (Lipinski definition) is 0. The number of carbonyl (C=O) groups is 1. The van der Waals surface area contributed by atoms with Gasteiger partial charge in [0.25, 0.3) is 0 Å². The topological polar surface area (TPSA) is 31.2 Å². The van der Waals surface area contributed by atoms with Crippen LogP contribution in [-0.2, 0) is 11.8 Å². The molecular weight excluding hydrogens is 274 g/mol. The Morgan fingerprint density at radius 1 is 1.27 bits per heavy atom. The molecule has 0 saturated carbocycles. The number of nitrogens with zero attached hydrogens (tertiary/aromatic N) is 1. The molecule has 1 heterocycles. The highest BCUT2D eigenvalue weighted by molar-refractivity contribution is 6.04. The Balaban J connectivity index is 2.05. The van der Waals surface area contributed by atoms with Crippen LogP contribution in [0.5, 0.6) is 0 Å². The molecule has 0 bridgehead atoms. The predicted octanol–water partition coefficient (Wildman–Crippen LogP) is 5.00. The van der Waals surface area contributed by atoms with E-state index in [9.17, 15) is 4.79 Å². The summed E-state index contributed by atoms with van der Waals surface area (Å²) in [6.45, 7) is 6.23. The maximum atomic E-state index is 12.4. The Bertz CT molecular complexity index is 642. The highest BCUT2D eigenvalue weighted by Gasteiger charge is 2.17. The van der Waals surface area contributed by atoms with Crippen molar-refractivity contribution in [3.8, 4) is 0 Å². The normalized spacial score (nSPS) is 12.5. The van der Waals surface area contributed by atoms with E-state index in [2.05, 4.69) is 25.1 Å². The number of carbonyl (C=O) groups excluding carboxylic acids is 1. The third-order valence-corrected chi connectivity index (χ3v) is 4.14. The number of unbranched alkanes of at least 4 members (excludes halogenated alkanes) is 3. The molecule has 0 saturated heterocycles. The minimum absolute atomic E-state index is 0.0237. The summed E-state index contributed by atoms with van der Waals surface area (Å²) in [5.41, 5.74) is 2.88. The van der Waals surface area contributed by atoms with E-state index in [0.29, 0.717) is 5.56 Å². The molecule has 3 nitrogen and oxygen atoms in total. The van der Waals surface area contributed by atoms with Crippen LogP contribution in [0.4, 0.5) is 0 Å². The first-order valence-electron chi connectivity index (χ1n) is 8.29. The lowest BCUT2D eigenvalue weighted by atomic mass is 10.1. The summed E-state index contributed by atoms with van der Waals surface area (Å²) < 4.78 is 7.61. The minimum atomic E-state index is -0.209. The summed E-state index contributed by atoms with van der Waals surface area (Å²) in [5, 5.41) is 0.977. The maximum absolute atomic E-state index is 12.4. The van der Waals surface area contributed by atoms with Crippen LogP contribution in [0.15, 0.2) is 24.4 Å². The largest absolute Gasteiger partial charge is 0.459 e. The second-order valence-electron chi connectivity index (χ2n) is 6.24. The van der Waals surface area contributed by atoms with Gasteiger partial charge in [-0.25, -0.2) is 4.79 Å². The Kier molecular flexibility index (Phi) is 5.64. The molecule has 3 heteroatoms. The van der Waals surface area contributed by atoms with E-state index < -0.39 is 0 Å². The van der Waals surface area contributed by atoms with Gasteiger partial charge in [0.15, 0.2) is 0 Å². The molecule has 0 radical (unpaired) electrons. The summed E-state index contributed by atoms with van der Waals surface area (Å²) in [4.78, 5) is 12.4. The van der Waals surface area contributed by atoms with E-state index in [1.165, 1.54) is 19.3 Å². The van der Waals surface area contributed by atoms with Crippen LogP contribution < -0.4 is 0 Å². The molecule has 0 fully saturated rings. The summed E-state index contributed by atoms with van der Waals surface area (Å²) in [7, 11) is 1.96. The van der Waals surface area contributed by atoms with Crippen LogP contribution in [0.1, 0.15) is 61.9 Å². The molecule has 1 aromatic heterocycles.